The predicted octanol–water partition coefficient (Wildman–Crippen LogP) is 3.48. The number of nitrogens with zero attached hydrogens (tertiary/aromatic N) is 2. The molecule has 1 aromatic carbocycles. The average Bonchev–Trinajstić information content (AvgIpc) is 2.42. The van der Waals surface area contributed by atoms with Crippen LogP contribution in [0.3, 0.4) is 0 Å². The minimum atomic E-state index is 0.374. The van der Waals surface area contributed by atoms with Crippen LogP contribution in [0.2, 0.25) is 0 Å². The Balaban J connectivity index is 2.29. The van der Waals surface area contributed by atoms with Gasteiger partial charge in [0.2, 0.25) is 0 Å². The molecule has 0 aliphatic rings. The summed E-state index contributed by atoms with van der Waals surface area (Å²) >= 11 is 3.54. The van der Waals surface area contributed by atoms with E-state index in [-0.39, 0.29) is 0 Å². The summed E-state index contributed by atoms with van der Waals surface area (Å²) in [6.45, 7) is 2.42. The van der Waals surface area contributed by atoms with Gasteiger partial charge in [0.15, 0.2) is 5.82 Å². The Morgan fingerprint density at radius 1 is 1.20 bits per heavy atom. The van der Waals surface area contributed by atoms with Crippen molar-refractivity contribution in [3.63, 3.8) is 0 Å². The summed E-state index contributed by atoms with van der Waals surface area (Å²) in [6.07, 6.45) is 0. The molecule has 0 aliphatic carbocycles. The zero-order valence-electron chi connectivity index (χ0n) is 11.7. The first-order valence-electron chi connectivity index (χ1n) is 6.20. The lowest BCUT2D eigenvalue weighted by Crippen LogP contribution is -2.05. The molecule has 0 saturated carbocycles. The third-order valence-electron chi connectivity index (χ3n) is 2.69. The maximum Gasteiger partial charge on any atom is 0.158 e. The molecule has 0 unspecified atom stereocenters. The number of hydrogen-bond acceptors (Lipinski definition) is 5. The Labute approximate surface area is 126 Å². The topological polar surface area (TPSA) is 59.1 Å². The number of anilines is 3. The molecule has 20 heavy (non-hydrogen) atoms. The number of aryl methyl sites for hydroxylation is 1. The Kier molecular flexibility index (Phi) is 4.92. The van der Waals surface area contributed by atoms with E-state index >= 15 is 0 Å². The predicted molar refractivity (Wildman–Crippen MR) is 84.5 cm³/mol. The van der Waals surface area contributed by atoms with Crippen LogP contribution in [-0.2, 0) is 11.3 Å². The van der Waals surface area contributed by atoms with Gasteiger partial charge in [-0.2, -0.15) is 0 Å². The molecule has 1 aromatic heterocycles. The molecule has 0 radical (unpaired) electrons. The summed E-state index contributed by atoms with van der Waals surface area (Å²) in [5.41, 5.74) is 2.15. The van der Waals surface area contributed by atoms with Crippen molar-refractivity contribution in [1.29, 1.82) is 0 Å². The van der Waals surface area contributed by atoms with Gasteiger partial charge in [-0.25, -0.2) is 9.97 Å². The molecule has 0 atom stereocenters. The lowest BCUT2D eigenvalue weighted by atomic mass is 10.2. The quantitative estimate of drug-likeness (QED) is 0.875. The van der Waals surface area contributed by atoms with Gasteiger partial charge in [0.1, 0.15) is 18.2 Å². The van der Waals surface area contributed by atoms with Gasteiger partial charge in [-0.15, -0.1) is 0 Å². The van der Waals surface area contributed by atoms with Gasteiger partial charge in [0.05, 0.1) is 5.69 Å². The van der Waals surface area contributed by atoms with Crippen LogP contribution < -0.4 is 10.6 Å². The van der Waals surface area contributed by atoms with Gasteiger partial charge in [0, 0.05) is 24.7 Å². The minimum Gasteiger partial charge on any atom is -0.377 e. The van der Waals surface area contributed by atoms with Crippen LogP contribution in [0.15, 0.2) is 28.7 Å². The number of ether oxygens (including phenoxy) is 1. The fourth-order valence-corrected chi connectivity index (χ4v) is 2.33. The van der Waals surface area contributed by atoms with E-state index in [0.717, 1.165) is 21.8 Å². The van der Waals surface area contributed by atoms with Gasteiger partial charge in [-0.3, -0.25) is 0 Å². The molecule has 0 aliphatic heterocycles. The maximum absolute atomic E-state index is 5.08. The van der Waals surface area contributed by atoms with E-state index in [9.17, 15) is 0 Å². The van der Waals surface area contributed by atoms with E-state index in [1.54, 1.807) is 7.11 Å². The van der Waals surface area contributed by atoms with Crippen LogP contribution in [0.25, 0.3) is 0 Å². The second kappa shape index (κ2) is 6.67. The van der Waals surface area contributed by atoms with Gasteiger partial charge in [-0.1, -0.05) is 6.07 Å². The molecular weight excluding hydrogens is 320 g/mol. The van der Waals surface area contributed by atoms with Crippen LogP contribution in [-0.4, -0.2) is 24.1 Å². The highest BCUT2D eigenvalue weighted by atomic mass is 79.9. The molecule has 2 rings (SSSR count). The van der Waals surface area contributed by atoms with Crippen molar-refractivity contribution in [3.8, 4) is 0 Å². The number of methoxy groups -OCH3 is 1. The van der Waals surface area contributed by atoms with Gasteiger partial charge >= 0.3 is 0 Å². The molecule has 2 aromatic rings. The Morgan fingerprint density at radius 3 is 2.60 bits per heavy atom. The van der Waals surface area contributed by atoms with E-state index in [1.807, 2.05) is 25.2 Å². The molecule has 2 N–H and O–H groups in total. The number of halogens is 1. The Hall–Kier alpha value is -1.66. The number of nitrogens with one attached hydrogen (secondary N) is 2. The second-order valence-electron chi connectivity index (χ2n) is 4.35. The zero-order chi connectivity index (χ0) is 14.5. The van der Waals surface area contributed by atoms with E-state index in [0.29, 0.717) is 12.4 Å². The minimum absolute atomic E-state index is 0.374. The summed E-state index contributed by atoms with van der Waals surface area (Å²) < 4.78 is 6.08. The SMILES string of the molecule is CNc1cc(Nc2ccc(C)cc2Br)nc(COC)n1. The molecule has 0 amide bonds. The van der Waals surface area contributed by atoms with Crippen LogP contribution in [0.4, 0.5) is 17.3 Å². The van der Waals surface area contributed by atoms with Crippen LogP contribution in [0, 0.1) is 6.92 Å². The zero-order valence-corrected chi connectivity index (χ0v) is 13.3. The second-order valence-corrected chi connectivity index (χ2v) is 5.20. The first-order chi connectivity index (χ1) is 9.62. The number of aromatic nitrogens is 2. The molecule has 5 nitrogen and oxygen atoms in total. The largest absolute Gasteiger partial charge is 0.377 e. The summed E-state index contributed by atoms with van der Waals surface area (Å²) in [5.74, 6) is 2.10. The highest BCUT2D eigenvalue weighted by Gasteiger charge is 2.06. The molecule has 6 heteroatoms. The van der Waals surface area contributed by atoms with E-state index in [2.05, 4.69) is 49.5 Å². The smallest absolute Gasteiger partial charge is 0.158 e. The normalized spacial score (nSPS) is 10.4. The first-order valence-corrected chi connectivity index (χ1v) is 6.99. The van der Waals surface area contributed by atoms with Crippen LogP contribution >= 0.6 is 15.9 Å². The van der Waals surface area contributed by atoms with Gasteiger partial charge in [-0.05, 0) is 40.5 Å². The number of rotatable bonds is 5. The molecule has 1 heterocycles. The Morgan fingerprint density at radius 2 is 1.95 bits per heavy atom. The molecular formula is C14H17BrN4O. The van der Waals surface area contributed by atoms with Crippen molar-refractivity contribution in [2.75, 3.05) is 24.8 Å². The monoisotopic (exact) mass is 336 g/mol. The number of hydrogen-bond donors (Lipinski definition) is 2. The third kappa shape index (κ3) is 3.68. The fraction of sp³-hybridized carbons (Fsp3) is 0.286. The van der Waals surface area contributed by atoms with Gasteiger partial charge < -0.3 is 15.4 Å². The summed E-state index contributed by atoms with van der Waals surface area (Å²) in [4.78, 5) is 8.74. The van der Waals surface area contributed by atoms with Crippen molar-refractivity contribution < 1.29 is 4.74 Å². The van der Waals surface area contributed by atoms with E-state index < -0.39 is 0 Å². The third-order valence-corrected chi connectivity index (χ3v) is 3.35. The highest BCUT2D eigenvalue weighted by molar-refractivity contribution is 9.10. The molecule has 106 valence electrons. The van der Waals surface area contributed by atoms with E-state index in [1.165, 1.54) is 5.56 Å². The molecule has 0 bridgehead atoms. The Bertz CT molecular complexity index is 604. The standard InChI is InChI=1S/C14H17BrN4O/c1-9-4-5-11(10(15)6-9)17-13-7-12(16-2)18-14(19-13)8-20-3/h4-7H,8H2,1-3H3,(H2,16,17,18,19). The van der Waals surface area contributed by atoms with Gasteiger partial charge in [0.25, 0.3) is 0 Å². The van der Waals surface area contributed by atoms with Crippen molar-refractivity contribution in [2.24, 2.45) is 0 Å². The average molecular weight is 337 g/mol. The van der Waals surface area contributed by atoms with E-state index in [4.69, 9.17) is 4.74 Å². The lowest BCUT2D eigenvalue weighted by Gasteiger charge is -2.11. The highest BCUT2D eigenvalue weighted by Crippen LogP contribution is 2.26. The molecule has 0 fully saturated rings. The van der Waals surface area contributed by atoms with Crippen molar-refractivity contribution >= 4 is 33.3 Å². The number of benzene rings is 1. The summed E-state index contributed by atoms with van der Waals surface area (Å²) in [5, 5.41) is 6.30. The van der Waals surface area contributed by atoms with Crippen molar-refractivity contribution in [3.05, 3.63) is 40.1 Å². The lowest BCUT2D eigenvalue weighted by molar-refractivity contribution is 0.178. The van der Waals surface area contributed by atoms with Crippen LogP contribution in [0.1, 0.15) is 11.4 Å². The fourth-order valence-electron chi connectivity index (χ4n) is 1.74. The summed E-state index contributed by atoms with van der Waals surface area (Å²) in [6, 6.07) is 7.96. The molecule has 0 spiro atoms. The first kappa shape index (κ1) is 14.7. The van der Waals surface area contributed by atoms with Crippen molar-refractivity contribution in [2.45, 2.75) is 13.5 Å². The summed E-state index contributed by atoms with van der Waals surface area (Å²) in [7, 11) is 3.45. The molecule has 0 saturated heterocycles. The van der Waals surface area contributed by atoms with Crippen LogP contribution in [0.5, 0.6) is 0 Å². The maximum atomic E-state index is 5.08. The van der Waals surface area contributed by atoms with Crippen molar-refractivity contribution in [1.82, 2.24) is 9.97 Å².